The van der Waals surface area contributed by atoms with E-state index in [1.807, 2.05) is 48.0 Å². The summed E-state index contributed by atoms with van der Waals surface area (Å²) >= 11 is 14.6. The molecule has 0 spiro atoms. The standard InChI is InChI=1S/C23H21Cl2NOS/c24-17-8-9-18(20(25)11-17)19-13-28-22(15-5-2-1-3-6-15)21(19)23(14-27-23)16-7-4-10-26-12-16/h4,7-13,15H,1-3,5-6,14H2. The topological polar surface area (TPSA) is 25.4 Å². The van der Waals surface area contributed by atoms with Gasteiger partial charge in [0, 0.05) is 49.6 Å². The number of nitrogens with zero attached hydrogens (tertiary/aromatic N) is 1. The lowest BCUT2D eigenvalue weighted by Crippen LogP contribution is -2.16. The molecule has 0 amide bonds. The molecule has 0 bridgehead atoms. The van der Waals surface area contributed by atoms with Crippen LogP contribution in [-0.4, -0.2) is 11.6 Å². The molecular weight excluding hydrogens is 409 g/mol. The third-order valence-electron chi connectivity index (χ3n) is 5.98. The average Bonchev–Trinajstić information content (AvgIpc) is 3.42. The summed E-state index contributed by atoms with van der Waals surface area (Å²) in [6.45, 7) is 0.688. The van der Waals surface area contributed by atoms with E-state index in [2.05, 4.69) is 16.4 Å². The quantitative estimate of drug-likeness (QED) is 0.402. The highest BCUT2D eigenvalue weighted by atomic mass is 35.5. The molecule has 1 atom stereocenters. The van der Waals surface area contributed by atoms with Crippen molar-refractivity contribution in [2.75, 3.05) is 6.61 Å². The molecule has 1 saturated heterocycles. The molecule has 28 heavy (non-hydrogen) atoms. The van der Waals surface area contributed by atoms with Crippen molar-refractivity contribution in [1.29, 1.82) is 0 Å². The lowest BCUT2D eigenvalue weighted by atomic mass is 9.81. The minimum atomic E-state index is -0.403. The van der Waals surface area contributed by atoms with Gasteiger partial charge in [0.25, 0.3) is 0 Å². The first kappa shape index (κ1) is 18.6. The van der Waals surface area contributed by atoms with Crippen molar-refractivity contribution in [3.63, 3.8) is 0 Å². The summed E-state index contributed by atoms with van der Waals surface area (Å²) in [5, 5.41) is 3.60. The van der Waals surface area contributed by atoms with Crippen LogP contribution in [0.25, 0.3) is 11.1 Å². The van der Waals surface area contributed by atoms with Crippen LogP contribution < -0.4 is 0 Å². The van der Waals surface area contributed by atoms with Crippen molar-refractivity contribution in [2.24, 2.45) is 0 Å². The summed E-state index contributed by atoms with van der Waals surface area (Å²) in [5.74, 6) is 0.603. The van der Waals surface area contributed by atoms with Gasteiger partial charge >= 0.3 is 0 Å². The molecule has 5 heteroatoms. The third kappa shape index (κ3) is 3.19. The number of hydrogen-bond acceptors (Lipinski definition) is 3. The zero-order valence-corrected chi connectivity index (χ0v) is 17.8. The zero-order valence-electron chi connectivity index (χ0n) is 15.5. The van der Waals surface area contributed by atoms with E-state index in [1.165, 1.54) is 48.1 Å². The number of rotatable bonds is 4. The van der Waals surface area contributed by atoms with E-state index in [4.69, 9.17) is 27.9 Å². The summed E-state index contributed by atoms with van der Waals surface area (Å²) in [6.07, 6.45) is 10.2. The van der Waals surface area contributed by atoms with E-state index < -0.39 is 5.60 Å². The minimum Gasteiger partial charge on any atom is -0.359 e. The number of pyridine rings is 1. The number of halogens is 2. The van der Waals surface area contributed by atoms with Gasteiger partial charge in [0.1, 0.15) is 5.60 Å². The highest BCUT2D eigenvalue weighted by Crippen LogP contribution is 2.55. The van der Waals surface area contributed by atoms with Crippen LogP contribution in [0.3, 0.4) is 0 Å². The average molecular weight is 430 g/mol. The van der Waals surface area contributed by atoms with Crippen LogP contribution >= 0.6 is 34.5 Å². The first-order valence-electron chi connectivity index (χ1n) is 9.81. The molecule has 144 valence electrons. The molecule has 1 unspecified atom stereocenters. The Kier molecular flexibility index (Phi) is 4.96. The van der Waals surface area contributed by atoms with Crippen LogP contribution in [-0.2, 0) is 10.3 Å². The van der Waals surface area contributed by atoms with Gasteiger partial charge in [0.05, 0.1) is 6.61 Å². The SMILES string of the molecule is Clc1ccc(-c2csc(C3CCCCC3)c2C2(c3cccnc3)CO2)c(Cl)c1. The highest BCUT2D eigenvalue weighted by Gasteiger charge is 2.52. The minimum absolute atomic E-state index is 0.403. The maximum Gasteiger partial charge on any atom is 0.145 e. The van der Waals surface area contributed by atoms with E-state index in [0.717, 1.165) is 11.1 Å². The Morgan fingerprint density at radius 1 is 1.07 bits per heavy atom. The second-order valence-corrected chi connectivity index (χ2v) is 9.46. The fraction of sp³-hybridized carbons (Fsp3) is 0.348. The van der Waals surface area contributed by atoms with Gasteiger partial charge in [-0.2, -0.15) is 0 Å². The molecule has 1 aliphatic heterocycles. The predicted octanol–water partition coefficient (Wildman–Crippen LogP) is 7.44. The van der Waals surface area contributed by atoms with Gasteiger partial charge in [0.2, 0.25) is 0 Å². The van der Waals surface area contributed by atoms with Gasteiger partial charge in [-0.15, -0.1) is 11.3 Å². The van der Waals surface area contributed by atoms with Gasteiger partial charge in [-0.3, -0.25) is 4.98 Å². The first-order chi connectivity index (χ1) is 13.7. The monoisotopic (exact) mass is 429 g/mol. The number of benzene rings is 1. The maximum absolute atomic E-state index is 6.61. The van der Waals surface area contributed by atoms with Crippen molar-refractivity contribution in [3.8, 4) is 11.1 Å². The Morgan fingerprint density at radius 2 is 1.89 bits per heavy atom. The van der Waals surface area contributed by atoms with Crippen molar-refractivity contribution in [2.45, 2.75) is 43.6 Å². The lowest BCUT2D eigenvalue weighted by molar-refractivity contribution is 0.345. The van der Waals surface area contributed by atoms with Gasteiger partial charge in [-0.25, -0.2) is 0 Å². The number of ether oxygens (including phenoxy) is 1. The molecular formula is C23H21Cl2NOS. The predicted molar refractivity (Wildman–Crippen MR) is 117 cm³/mol. The Labute approximate surface area is 179 Å². The van der Waals surface area contributed by atoms with E-state index in [9.17, 15) is 0 Å². The van der Waals surface area contributed by atoms with Crippen LogP contribution in [0.1, 0.15) is 54.0 Å². The van der Waals surface area contributed by atoms with Gasteiger partial charge in [-0.1, -0.05) is 54.6 Å². The first-order valence-corrected chi connectivity index (χ1v) is 11.4. The normalized spacial score (nSPS) is 22.4. The molecule has 2 nitrogen and oxygen atoms in total. The summed E-state index contributed by atoms with van der Waals surface area (Å²) in [4.78, 5) is 5.81. The van der Waals surface area contributed by atoms with Gasteiger partial charge in [-0.05, 0) is 42.3 Å². The summed E-state index contributed by atoms with van der Waals surface area (Å²) in [7, 11) is 0. The molecule has 2 aromatic heterocycles. The second kappa shape index (κ2) is 7.46. The second-order valence-electron chi connectivity index (χ2n) is 7.71. The Bertz CT molecular complexity index is 991. The number of hydrogen-bond donors (Lipinski definition) is 0. The number of epoxide rings is 1. The molecule has 3 heterocycles. The van der Waals surface area contributed by atoms with E-state index in [-0.39, 0.29) is 0 Å². The molecule has 0 N–H and O–H groups in total. The van der Waals surface area contributed by atoms with E-state index in [1.54, 1.807) is 0 Å². The fourth-order valence-electron chi connectivity index (χ4n) is 4.49. The van der Waals surface area contributed by atoms with Crippen LogP contribution in [0.5, 0.6) is 0 Å². The number of thiophene rings is 1. The Hall–Kier alpha value is -1.39. The molecule has 2 aliphatic rings. The molecule has 3 aromatic rings. The third-order valence-corrected chi connectivity index (χ3v) is 7.67. The highest BCUT2D eigenvalue weighted by molar-refractivity contribution is 7.10. The fourth-order valence-corrected chi connectivity index (χ4v) is 6.31. The summed E-state index contributed by atoms with van der Waals surface area (Å²) < 4.78 is 6.18. The van der Waals surface area contributed by atoms with E-state index in [0.29, 0.717) is 22.6 Å². The maximum atomic E-state index is 6.61. The van der Waals surface area contributed by atoms with Crippen molar-refractivity contribution < 1.29 is 4.74 Å². The number of aromatic nitrogens is 1. The Balaban J connectivity index is 1.69. The molecule has 1 saturated carbocycles. The molecule has 1 aromatic carbocycles. The lowest BCUT2D eigenvalue weighted by Gasteiger charge is -2.25. The Morgan fingerprint density at radius 3 is 2.57 bits per heavy atom. The van der Waals surface area contributed by atoms with Crippen LogP contribution in [0.2, 0.25) is 10.0 Å². The van der Waals surface area contributed by atoms with Crippen molar-refractivity contribution in [1.82, 2.24) is 4.98 Å². The van der Waals surface area contributed by atoms with Crippen LogP contribution in [0.4, 0.5) is 0 Å². The molecule has 5 rings (SSSR count). The molecule has 2 fully saturated rings. The van der Waals surface area contributed by atoms with Crippen LogP contribution in [0, 0.1) is 0 Å². The molecule has 1 aliphatic carbocycles. The van der Waals surface area contributed by atoms with Gasteiger partial charge in [0.15, 0.2) is 0 Å². The summed E-state index contributed by atoms with van der Waals surface area (Å²) in [6, 6.07) is 9.87. The summed E-state index contributed by atoms with van der Waals surface area (Å²) in [5.41, 5.74) is 4.21. The molecule has 0 radical (unpaired) electrons. The largest absolute Gasteiger partial charge is 0.359 e. The smallest absolute Gasteiger partial charge is 0.145 e. The van der Waals surface area contributed by atoms with Crippen molar-refractivity contribution >= 4 is 34.5 Å². The van der Waals surface area contributed by atoms with Crippen molar-refractivity contribution in [3.05, 3.63) is 74.2 Å². The van der Waals surface area contributed by atoms with E-state index >= 15 is 0 Å². The van der Waals surface area contributed by atoms with Gasteiger partial charge < -0.3 is 4.74 Å². The van der Waals surface area contributed by atoms with Crippen LogP contribution in [0.15, 0.2) is 48.1 Å². The zero-order chi connectivity index (χ0) is 19.1.